The van der Waals surface area contributed by atoms with E-state index in [0.717, 1.165) is 5.56 Å². The van der Waals surface area contributed by atoms with E-state index in [1.807, 2.05) is 25.1 Å². The van der Waals surface area contributed by atoms with Crippen molar-refractivity contribution in [3.63, 3.8) is 0 Å². The van der Waals surface area contributed by atoms with Crippen LogP contribution in [0.25, 0.3) is 0 Å². The SMILES string of the molecule is COc1cc(OC)cc(C(=O)NC(C)c2cccc(Cl)c2)c1. The van der Waals surface area contributed by atoms with Crippen molar-refractivity contribution in [2.75, 3.05) is 14.2 Å². The third-order valence-corrected chi connectivity index (χ3v) is 3.55. The van der Waals surface area contributed by atoms with Gasteiger partial charge < -0.3 is 14.8 Å². The molecule has 0 aliphatic heterocycles. The molecule has 0 spiro atoms. The molecule has 0 saturated heterocycles. The number of methoxy groups -OCH3 is 2. The van der Waals surface area contributed by atoms with Crippen LogP contribution in [0.1, 0.15) is 28.9 Å². The average Bonchev–Trinajstić information content (AvgIpc) is 2.54. The first-order chi connectivity index (χ1) is 10.5. The van der Waals surface area contributed by atoms with Crippen molar-refractivity contribution >= 4 is 17.5 Å². The molecule has 1 amide bonds. The number of halogens is 1. The highest BCUT2D eigenvalue weighted by molar-refractivity contribution is 6.30. The van der Waals surface area contributed by atoms with E-state index >= 15 is 0 Å². The molecular weight excluding hydrogens is 302 g/mol. The quantitative estimate of drug-likeness (QED) is 0.910. The highest BCUT2D eigenvalue weighted by Gasteiger charge is 2.14. The Hall–Kier alpha value is -2.20. The molecule has 1 atom stereocenters. The molecule has 0 aliphatic rings. The molecule has 0 heterocycles. The summed E-state index contributed by atoms with van der Waals surface area (Å²) in [5.74, 6) is 0.935. The maximum absolute atomic E-state index is 12.4. The van der Waals surface area contributed by atoms with Crippen molar-refractivity contribution in [2.24, 2.45) is 0 Å². The molecule has 1 unspecified atom stereocenters. The fourth-order valence-electron chi connectivity index (χ4n) is 2.08. The van der Waals surface area contributed by atoms with Gasteiger partial charge in [-0.2, -0.15) is 0 Å². The number of benzene rings is 2. The van der Waals surface area contributed by atoms with E-state index in [2.05, 4.69) is 5.32 Å². The first kappa shape index (κ1) is 16.2. The molecule has 4 nitrogen and oxygen atoms in total. The summed E-state index contributed by atoms with van der Waals surface area (Å²) in [6.45, 7) is 1.90. The van der Waals surface area contributed by atoms with Crippen LogP contribution in [0.2, 0.25) is 5.02 Å². The number of rotatable bonds is 5. The zero-order valence-corrected chi connectivity index (χ0v) is 13.5. The predicted molar refractivity (Wildman–Crippen MR) is 86.9 cm³/mol. The highest BCUT2D eigenvalue weighted by Crippen LogP contribution is 2.23. The average molecular weight is 320 g/mol. The van der Waals surface area contributed by atoms with Crippen molar-refractivity contribution in [3.05, 3.63) is 58.6 Å². The maximum atomic E-state index is 12.4. The van der Waals surface area contributed by atoms with Gasteiger partial charge in [0.15, 0.2) is 0 Å². The van der Waals surface area contributed by atoms with Gasteiger partial charge in [0.1, 0.15) is 11.5 Å². The first-order valence-corrected chi connectivity index (χ1v) is 7.20. The Morgan fingerprint density at radius 1 is 1.09 bits per heavy atom. The normalized spacial score (nSPS) is 11.6. The van der Waals surface area contributed by atoms with E-state index in [-0.39, 0.29) is 11.9 Å². The smallest absolute Gasteiger partial charge is 0.252 e. The van der Waals surface area contributed by atoms with Crippen molar-refractivity contribution in [2.45, 2.75) is 13.0 Å². The maximum Gasteiger partial charge on any atom is 0.252 e. The Labute approximate surface area is 135 Å². The van der Waals surface area contributed by atoms with E-state index in [0.29, 0.717) is 22.1 Å². The lowest BCUT2D eigenvalue weighted by molar-refractivity contribution is 0.0939. The fourth-order valence-corrected chi connectivity index (χ4v) is 2.28. The van der Waals surface area contributed by atoms with Crippen molar-refractivity contribution < 1.29 is 14.3 Å². The van der Waals surface area contributed by atoms with Gasteiger partial charge in [-0.15, -0.1) is 0 Å². The Morgan fingerprint density at radius 3 is 2.27 bits per heavy atom. The largest absolute Gasteiger partial charge is 0.497 e. The minimum Gasteiger partial charge on any atom is -0.497 e. The molecule has 2 rings (SSSR count). The van der Waals surface area contributed by atoms with Crippen molar-refractivity contribution in [1.29, 1.82) is 0 Å². The van der Waals surface area contributed by atoms with Gasteiger partial charge in [0.05, 0.1) is 20.3 Å². The van der Waals surface area contributed by atoms with E-state index in [9.17, 15) is 4.79 Å². The zero-order chi connectivity index (χ0) is 16.1. The molecule has 116 valence electrons. The molecule has 0 aliphatic carbocycles. The summed E-state index contributed by atoms with van der Waals surface area (Å²) in [5.41, 5.74) is 1.42. The number of amides is 1. The second-order valence-corrected chi connectivity index (χ2v) is 5.29. The van der Waals surface area contributed by atoms with Gasteiger partial charge in [0, 0.05) is 16.7 Å². The molecular formula is C17H18ClNO3. The summed E-state index contributed by atoms with van der Waals surface area (Å²) in [6.07, 6.45) is 0. The third kappa shape index (κ3) is 3.92. The Balaban J connectivity index is 2.18. The number of hydrogen-bond acceptors (Lipinski definition) is 3. The third-order valence-electron chi connectivity index (χ3n) is 3.31. The van der Waals surface area contributed by atoms with Gasteiger partial charge in [-0.25, -0.2) is 0 Å². The van der Waals surface area contributed by atoms with Crippen LogP contribution in [-0.4, -0.2) is 20.1 Å². The molecule has 0 fully saturated rings. The number of ether oxygens (including phenoxy) is 2. The molecule has 2 aromatic carbocycles. The van der Waals surface area contributed by atoms with Crippen LogP contribution in [0.4, 0.5) is 0 Å². The first-order valence-electron chi connectivity index (χ1n) is 6.83. The van der Waals surface area contributed by atoms with E-state index in [1.165, 1.54) is 0 Å². The molecule has 1 N–H and O–H groups in total. The van der Waals surface area contributed by atoms with Gasteiger partial charge >= 0.3 is 0 Å². The van der Waals surface area contributed by atoms with E-state index in [1.54, 1.807) is 38.5 Å². The van der Waals surface area contributed by atoms with Gasteiger partial charge in [-0.05, 0) is 36.8 Å². The summed E-state index contributed by atoms with van der Waals surface area (Å²) in [7, 11) is 3.09. The van der Waals surface area contributed by atoms with Gasteiger partial charge in [-0.3, -0.25) is 4.79 Å². The van der Waals surface area contributed by atoms with Crippen LogP contribution in [0.3, 0.4) is 0 Å². The summed E-state index contributed by atoms with van der Waals surface area (Å²) >= 11 is 5.98. The van der Waals surface area contributed by atoms with Crippen LogP contribution >= 0.6 is 11.6 Å². The van der Waals surface area contributed by atoms with Crippen LogP contribution in [0, 0.1) is 0 Å². The standard InChI is InChI=1S/C17H18ClNO3/c1-11(12-5-4-6-14(18)7-12)19-17(20)13-8-15(21-2)10-16(9-13)22-3/h4-11H,1-3H3,(H,19,20). The molecule has 5 heteroatoms. The zero-order valence-electron chi connectivity index (χ0n) is 12.7. The number of hydrogen-bond donors (Lipinski definition) is 1. The topological polar surface area (TPSA) is 47.6 Å². The lowest BCUT2D eigenvalue weighted by Gasteiger charge is -2.15. The van der Waals surface area contributed by atoms with Crippen molar-refractivity contribution in [3.8, 4) is 11.5 Å². The molecule has 0 bridgehead atoms. The number of carbonyl (C=O) groups is 1. The van der Waals surface area contributed by atoms with Crippen molar-refractivity contribution in [1.82, 2.24) is 5.32 Å². The lowest BCUT2D eigenvalue weighted by atomic mass is 10.1. The summed E-state index contributed by atoms with van der Waals surface area (Å²) in [6, 6.07) is 12.3. The fraction of sp³-hybridized carbons (Fsp3) is 0.235. The molecule has 22 heavy (non-hydrogen) atoms. The Kier molecular flexibility index (Phi) is 5.28. The minimum absolute atomic E-state index is 0.164. The van der Waals surface area contributed by atoms with Gasteiger partial charge in [0.25, 0.3) is 5.91 Å². The highest BCUT2D eigenvalue weighted by atomic mass is 35.5. The van der Waals surface area contributed by atoms with Crippen LogP contribution in [0.5, 0.6) is 11.5 Å². The van der Waals surface area contributed by atoms with Gasteiger partial charge in [0.2, 0.25) is 0 Å². The van der Waals surface area contributed by atoms with Crippen LogP contribution in [0.15, 0.2) is 42.5 Å². The number of nitrogens with one attached hydrogen (secondary N) is 1. The molecule has 0 aromatic heterocycles. The Morgan fingerprint density at radius 2 is 1.73 bits per heavy atom. The lowest BCUT2D eigenvalue weighted by Crippen LogP contribution is -2.26. The molecule has 0 radical (unpaired) electrons. The number of carbonyl (C=O) groups excluding carboxylic acids is 1. The van der Waals surface area contributed by atoms with E-state index in [4.69, 9.17) is 21.1 Å². The summed E-state index contributed by atoms with van der Waals surface area (Å²) in [4.78, 5) is 12.4. The second kappa shape index (κ2) is 7.18. The van der Waals surface area contributed by atoms with Gasteiger partial charge in [-0.1, -0.05) is 23.7 Å². The Bertz CT molecular complexity index is 650. The predicted octanol–water partition coefficient (Wildman–Crippen LogP) is 3.85. The summed E-state index contributed by atoms with van der Waals surface area (Å²) in [5, 5.41) is 3.57. The molecule has 2 aromatic rings. The van der Waals surface area contributed by atoms with E-state index < -0.39 is 0 Å². The second-order valence-electron chi connectivity index (χ2n) is 4.85. The van der Waals surface area contributed by atoms with Crippen LogP contribution < -0.4 is 14.8 Å². The monoisotopic (exact) mass is 319 g/mol. The van der Waals surface area contributed by atoms with Crippen LogP contribution in [-0.2, 0) is 0 Å². The summed E-state index contributed by atoms with van der Waals surface area (Å²) < 4.78 is 10.4. The molecule has 0 saturated carbocycles. The minimum atomic E-state index is -0.204.